The first kappa shape index (κ1) is 18.2. The summed E-state index contributed by atoms with van der Waals surface area (Å²) in [6.45, 7) is 3.91. The van der Waals surface area contributed by atoms with E-state index < -0.39 is 11.8 Å². The summed E-state index contributed by atoms with van der Waals surface area (Å²) in [6, 6.07) is 4.25. The summed E-state index contributed by atoms with van der Waals surface area (Å²) < 4.78 is 14.9. The fraction of sp³-hybridized carbons (Fsp3) is 0.333. The number of carboxylic acid groups (broad SMARTS) is 1. The van der Waals surface area contributed by atoms with Crippen LogP contribution in [0.4, 0.5) is 4.39 Å². The average Bonchev–Trinajstić information content (AvgIpc) is 2.93. The van der Waals surface area contributed by atoms with Gasteiger partial charge in [0, 0.05) is 0 Å². The van der Waals surface area contributed by atoms with Gasteiger partial charge in [0.25, 0.3) is 0 Å². The van der Waals surface area contributed by atoms with Gasteiger partial charge < -0.3 is 5.11 Å². The van der Waals surface area contributed by atoms with Crippen LogP contribution in [0.15, 0.2) is 30.4 Å². The molecule has 1 aromatic carbocycles. The summed E-state index contributed by atoms with van der Waals surface area (Å²) >= 11 is 5.85. The largest absolute Gasteiger partial charge is 0.478 e. The minimum Gasteiger partial charge on any atom is -0.478 e. The zero-order valence-corrected chi connectivity index (χ0v) is 14.5. The zero-order chi connectivity index (χ0) is 17.7. The third-order valence-electron chi connectivity index (χ3n) is 3.70. The van der Waals surface area contributed by atoms with Crippen molar-refractivity contribution >= 4 is 17.6 Å². The van der Waals surface area contributed by atoms with Gasteiger partial charge in [0.2, 0.25) is 0 Å². The summed E-state index contributed by atoms with van der Waals surface area (Å²) in [5, 5.41) is 14.0. The molecule has 0 radical (unpaired) electrons. The van der Waals surface area contributed by atoms with Crippen LogP contribution < -0.4 is 0 Å². The van der Waals surface area contributed by atoms with E-state index in [4.69, 9.17) is 11.6 Å². The van der Waals surface area contributed by atoms with Gasteiger partial charge in [-0.3, -0.25) is 0 Å². The Morgan fingerprint density at radius 3 is 2.71 bits per heavy atom. The Balaban J connectivity index is 2.49. The van der Waals surface area contributed by atoms with Crippen molar-refractivity contribution in [3.05, 3.63) is 58.1 Å². The van der Waals surface area contributed by atoms with Gasteiger partial charge in [0.05, 0.1) is 22.1 Å². The summed E-state index contributed by atoms with van der Waals surface area (Å²) in [5.74, 6) is -1.52. The molecule has 0 aliphatic carbocycles. The number of aromatic nitrogens is 2. The van der Waals surface area contributed by atoms with E-state index >= 15 is 0 Å². The fourth-order valence-corrected chi connectivity index (χ4v) is 2.76. The third kappa shape index (κ3) is 3.85. The molecule has 0 aliphatic heterocycles. The molecule has 0 atom stereocenters. The molecule has 0 bridgehead atoms. The van der Waals surface area contributed by atoms with E-state index in [0.29, 0.717) is 29.9 Å². The van der Waals surface area contributed by atoms with Crippen LogP contribution >= 0.6 is 11.6 Å². The van der Waals surface area contributed by atoms with Crippen LogP contribution in [0.5, 0.6) is 0 Å². The fourth-order valence-electron chi connectivity index (χ4n) is 2.59. The van der Waals surface area contributed by atoms with Crippen LogP contribution in [-0.2, 0) is 12.8 Å². The number of rotatable bonds is 7. The van der Waals surface area contributed by atoms with Crippen LogP contribution in [0.3, 0.4) is 0 Å². The quantitative estimate of drug-likeness (QED) is 0.728. The zero-order valence-electron chi connectivity index (χ0n) is 13.7. The van der Waals surface area contributed by atoms with Crippen molar-refractivity contribution in [3.8, 4) is 5.69 Å². The van der Waals surface area contributed by atoms with E-state index in [0.717, 1.165) is 12.8 Å². The van der Waals surface area contributed by atoms with Crippen LogP contribution in [0.2, 0.25) is 5.02 Å². The predicted octanol–water partition coefficient (Wildman–Crippen LogP) is 4.82. The van der Waals surface area contributed by atoms with E-state index in [-0.39, 0.29) is 10.6 Å². The van der Waals surface area contributed by atoms with E-state index in [9.17, 15) is 14.3 Å². The topological polar surface area (TPSA) is 55.1 Å². The van der Waals surface area contributed by atoms with Crippen molar-refractivity contribution < 1.29 is 14.3 Å². The molecule has 6 heteroatoms. The van der Waals surface area contributed by atoms with Gasteiger partial charge in [0.1, 0.15) is 11.4 Å². The summed E-state index contributed by atoms with van der Waals surface area (Å²) in [7, 11) is 0. The molecule has 0 saturated carbocycles. The maximum atomic E-state index is 13.4. The van der Waals surface area contributed by atoms with Crippen molar-refractivity contribution in [2.75, 3.05) is 0 Å². The lowest BCUT2D eigenvalue weighted by Gasteiger charge is -2.07. The second-order valence-electron chi connectivity index (χ2n) is 5.36. The molecule has 24 heavy (non-hydrogen) atoms. The number of aromatic carboxylic acids is 1. The summed E-state index contributed by atoms with van der Waals surface area (Å²) in [5.41, 5.74) is 1.89. The van der Waals surface area contributed by atoms with Crippen molar-refractivity contribution in [1.82, 2.24) is 9.78 Å². The van der Waals surface area contributed by atoms with Gasteiger partial charge in [-0.05, 0) is 43.9 Å². The van der Waals surface area contributed by atoms with E-state index in [1.54, 1.807) is 10.7 Å². The lowest BCUT2D eigenvalue weighted by molar-refractivity contribution is 0.0694. The number of halogens is 2. The average molecular weight is 351 g/mol. The Hall–Kier alpha value is -2.14. The molecule has 2 rings (SSSR count). The van der Waals surface area contributed by atoms with Crippen LogP contribution in [-0.4, -0.2) is 20.9 Å². The maximum Gasteiger partial charge on any atom is 0.339 e. The molecule has 0 spiro atoms. The van der Waals surface area contributed by atoms with Crippen LogP contribution in [0.25, 0.3) is 5.69 Å². The van der Waals surface area contributed by atoms with Gasteiger partial charge in [-0.1, -0.05) is 37.6 Å². The number of hydrogen-bond acceptors (Lipinski definition) is 2. The van der Waals surface area contributed by atoms with E-state index in [1.807, 2.05) is 26.0 Å². The number of hydrogen-bond donors (Lipinski definition) is 1. The molecular weight excluding hydrogens is 331 g/mol. The number of carbonyl (C=O) groups is 1. The highest BCUT2D eigenvalue weighted by Crippen LogP contribution is 2.24. The molecule has 128 valence electrons. The minimum atomic E-state index is -0.999. The lowest BCUT2D eigenvalue weighted by atomic mass is 10.1. The highest BCUT2D eigenvalue weighted by Gasteiger charge is 2.22. The third-order valence-corrected chi connectivity index (χ3v) is 3.99. The Labute approximate surface area is 145 Å². The molecule has 0 fully saturated rings. The Morgan fingerprint density at radius 1 is 1.38 bits per heavy atom. The molecule has 0 unspecified atom stereocenters. The lowest BCUT2D eigenvalue weighted by Crippen LogP contribution is -2.06. The van der Waals surface area contributed by atoms with Crippen molar-refractivity contribution in [3.63, 3.8) is 0 Å². The van der Waals surface area contributed by atoms with Crippen LogP contribution in [0.1, 0.15) is 48.4 Å². The summed E-state index contributed by atoms with van der Waals surface area (Å²) in [4.78, 5) is 11.7. The van der Waals surface area contributed by atoms with Gasteiger partial charge in [0.15, 0.2) is 0 Å². The first-order valence-corrected chi connectivity index (χ1v) is 8.31. The van der Waals surface area contributed by atoms with Crippen molar-refractivity contribution in [2.24, 2.45) is 0 Å². The Morgan fingerprint density at radius 2 is 2.12 bits per heavy atom. The Kier molecular flexibility index (Phi) is 6.15. The monoisotopic (exact) mass is 350 g/mol. The number of aryl methyl sites for hydroxylation is 1. The van der Waals surface area contributed by atoms with Crippen LogP contribution in [0, 0.1) is 5.82 Å². The first-order chi connectivity index (χ1) is 11.5. The molecular formula is C18H20ClFN2O2. The number of nitrogens with zero attached hydrogens (tertiary/aromatic N) is 2. The molecule has 0 aliphatic rings. The van der Waals surface area contributed by atoms with Gasteiger partial charge >= 0.3 is 5.97 Å². The number of carboxylic acids is 1. The predicted molar refractivity (Wildman–Crippen MR) is 92.6 cm³/mol. The van der Waals surface area contributed by atoms with E-state index in [1.165, 1.54) is 12.1 Å². The second kappa shape index (κ2) is 8.11. The molecule has 1 heterocycles. The first-order valence-electron chi connectivity index (χ1n) is 7.94. The Bertz CT molecular complexity index is 769. The standard InChI is InChI=1S/C18H20ClFN2O2/c1-3-5-6-7-8-15-17(18(23)24)16(4-2)22(21-15)12-9-10-14(20)13(19)11-12/h5-6,9-11H,3-4,7-8H2,1-2H3,(H,23,24)/b6-5-. The highest BCUT2D eigenvalue weighted by atomic mass is 35.5. The summed E-state index contributed by atoms with van der Waals surface area (Å²) in [6.07, 6.45) is 6.75. The van der Waals surface area contributed by atoms with E-state index in [2.05, 4.69) is 5.10 Å². The molecule has 2 aromatic rings. The number of allylic oxidation sites excluding steroid dienone is 2. The normalized spacial score (nSPS) is 11.3. The SMILES string of the molecule is CC/C=C\CCc1nn(-c2ccc(F)c(Cl)c2)c(CC)c1C(=O)O. The van der Waals surface area contributed by atoms with Gasteiger partial charge in [-0.2, -0.15) is 5.10 Å². The van der Waals surface area contributed by atoms with Crippen molar-refractivity contribution in [2.45, 2.75) is 39.5 Å². The second-order valence-corrected chi connectivity index (χ2v) is 5.76. The van der Waals surface area contributed by atoms with Gasteiger partial charge in [-0.25, -0.2) is 13.9 Å². The minimum absolute atomic E-state index is 0.0191. The molecule has 4 nitrogen and oxygen atoms in total. The van der Waals surface area contributed by atoms with Gasteiger partial charge in [-0.15, -0.1) is 0 Å². The molecule has 0 amide bonds. The van der Waals surface area contributed by atoms with Crippen molar-refractivity contribution in [1.29, 1.82) is 0 Å². The molecule has 1 N–H and O–H groups in total. The highest BCUT2D eigenvalue weighted by molar-refractivity contribution is 6.30. The molecule has 0 saturated heterocycles. The maximum absolute atomic E-state index is 13.4. The molecule has 1 aromatic heterocycles. The number of benzene rings is 1. The smallest absolute Gasteiger partial charge is 0.339 e.